The molecule has 1 saturated carbocycles. The predicted octanol–water partition coefficient (Wildman–Crippen LogP) is 2.71. The molecule has 1 aromatic rings. The molecule has 1 saturated heterocycles. The molecule has 0 N–H and O–H groups in total. The molecule has 0 aromatic heterocycles. The van der Waals surface area contributed by atoms with Gasteiger partial charge in [0.1, 0.15) is 5.75 Å². The fourth-order valence-electron chi connectivity index (χ4n) is 2.74. The summed E-state index contributed by atoms with van der Waals surface area (Å²) in [5, 5.41) is 0. The number of amides is 1. The maximum Gasteiger partial charge on any atom is 0.258 e. The molecule has 108 valence electrons. The molecule has 1 aliphatic carbocycles. The minimum Gasteiger partial charge on any atom is -0.496 e. The molecular weight excluding hydrogens is 322 g/mol. The Morgan fingerprint density at radius 3 is 2.95 bits per heavy atom. The average molecular weight is 340 g/mol. The van der Waals surface area contributed by atoms with Gasteiger partial charge < -0.3 is 14.4 Å². The van der Waals surface area contributed by atoms with Crippen LogP contribution in [-0.2, 0) is 4.74 Å². The normalized spacial score (nSPS) is 22.7. The first-order valence-corrected chi connectivity index (χ1v) is 7.72. The van der Waals surface area contributed by atoms with Crippen LogP contribution in [0.25, 0.3) is 0 Å². The molecule has 3 rings (SSSR count). The third-order valence-corrected chi connectivity index (χ3v) is 4.48. The quantitative estimate of drug-likeness (QED) is 0.849. The Hall–Kier alpha value is -1.07. The highest BCUT2D eigenvalue weighted by Gasteiger charge is 2.39. The number of benzene rings is 1. The Labute approximate surface area is 127 Å². The van der Waals surface area contributed by atoms with Gasteiger partial charge in [-0.15, -0.1) is 0 Å². The number of carbonyl (C=O) groups excluding carboxylic acids is 1. The van der Waals surface area contributed by atoms with Crippen LogP contribution >= 0.6 is 15.9 Å². The van der Waals surface area contributed by atoms with E-state index in [-0.39, 0.29) is 11.9 Å². The lowest BCUT2D eigenvalue weighted by Gasteiger charge is -2.36. The highest BCUT2D eigenvalue weighted by atomic mass is 79.9. The smallest absolute Gasteiger partial charge is 0.258 e. The van der Waals surface area contributed by atoms with Crippen LogP contribution in [0.3, 0.4) is 0 Å². The van der Waals surface area contributed by atoms with Crippen molar-refractivity contribution in [1.29, 1.82) is 0 Å². The van der Waals surface area contributed by atoms with E-state index in [0.29, 0.717) is 37.0 Å². The van der Waals surface area contributed by atoms with E-state index in [1.165, 1.54) is 12.8 Å². The summed E-state index contributed by atoms with van der Waals surface area (Å²) in [4.78, 5) is 14.8. The zero-order valence-corrected chi connectivity index (χ0v) is 13.1. The largest absolute Gasteiger partial charge is 0.496 e. The summed E-state index contributed by atoms with van der Waals surface area (Å²) in [6.45, 7) is 1.95. The van der Waals surface area contributed by atoms with E-state index in [2.05, 4.69) is 15.9 Å². The van der Waals surface area contributed by atoms with Crippen molar-refractivity contribution in [2.24, 2.45) is 5.92 Å². The Morgan fingerprint density at radius 2 is 2.25 bits per heavy atom. The molecule has 2 fully saturated rings. The van der Waals surface area contributed by atoms with Crippen LogP contribution in [0, 0.1) is 5.92 Å². The van der Waals surface area contributed by atoms with E-state index in [9.17, 15) is 4.79 Å². The van der Waals surface area contributed by atoms with Crippen molar-refractivity contribution in [3.63, 3.8) is 0 Å². The molecule has 1 atom stereocenters. The van der Waals surface area contributed by atoms with E-state index < -0.39 is 0 Å². The van der Waals surface area contributed by atoms with Gasteiger partial charge >= 0.3 is 0 Å². The lowest BCUT2D eigenvalue weighted by molar-refractivity contribution is -0.00848. The third kappa shape index (κ3) is 2.69. The van der Waals surface area contributed by atoms with Crippen LogP contribution in [0.15, 0.2) is 22.7 Å². The monoisotopic (exact) mass is 339 g/mol. The van der Waals surface area contributed by atoms with Crippen molar-refractivity contribution in [1.82, 2.24) is 4.90 Å². The molecule has 0 spiro atoms. The Kier molecular flexibility index (Phi) is 3.98. The number of carbonyl (C=O) groups is 1. The van der Waals surface area contributed by atoms with Crippen molar-refractivity contribution in [2.75, 3.05) is 26.9 Å². The molecule has 1 aromatic carbocycles. The SMILES string of the molecule is COc1cc(Br)ccc1C(=O)N1CCOC[C@H]1C1CC1. The highest BCUT2D eigenvalue weighted by molar-refractivity contribution is 9.10. The van der Waals surface area contributed by atoms with Gasteiger partial charge in [-0.2, -0.15) is 0 Å². The zero-order valence-electron chi connectivity index (χ0n) is 11.5. The van der Waals surface area contributed by atoms with Gasteiger partial charge in [0, 0.05) is 11.0 Å². The number of morpholine rings is 1. The molecular formula is C15H18BrNO3. The molecule has 0 unspecified atom stereocenters. The summed E-state index contributed by atoms with van der Waals surface area (Å²) in [6, 6.07) is 5.76. The molecule has 0 bridgehead atoms. The minimum atomic E-state index is 0.0505. The molecule has 4 nitrogen and oxygen atoms in total. The second kappa shape index (κ2) is 5.74. The topological polar surface area (TPSA) is 38.8 Å². The van der Waals surface area contributed by atoms with E-state index in [1.807, 2.05) is 23.1 Å². The molecule has 1 amide bonds. The third-order valence-electron chi connectivity index (χ3n) is 3.99. The number of rotatable bonds is 3. The van der Waals surface area contributed by atoms with E-state index in [4.69, 9.17) is 9.47 Å². The Balaban J connectivity index is 1.86. The van der Waals surface area contributed by atoms with Crippen LogP contribution in [0.4, 0.5) is 0 Å². The first-order chi connectivity index (χ1) is 9.70. The van der Waals surface area contributed by atoms with Gasteiger partial charge in [0.2, 0.25) is 0 Å². The maximum atomic E-state index is 12.8. The first-order valence-electron chi connectivity index (χ1n) is 6.93. The van der Waals surface area contributed by atoms with Crippen molar-refractivity contribution >= 4 is 21.8 Å². The number of hydrogen-bond donors (Lipinski definition) is 0. The minimum absolute atomic E-state index is 0.0505. The number of hydrogen-bond acceptors (Lipinski definition) is 3. The van der Waals surface area contributed by atoms with Gasteiger partial charge in [-0.05, 0) is 37.0 Å². The Bertz CT molecular complexity index is 516. The van der Waals surface area contributed by atoms with Crippen molar-refractivity contribution in [3.05, 3.63) is 28.2 Å². The van der Waals surface area contributed by atoms with Crippen LogP contribution < -0.4 is 4.74 Å². The number of methoxy groups -OCH3 is 1. The van der Waals surface area contributed by atoms with Gasteiger partial charge in [0.05, 0.1) is 31.9 Å². The second-order valence-corrected chi connectivity index (χ2v) is 6.24. The van der Waals surface area contributed by atoms with E-state index in [0.717, 1.165) is 4.47 Å². The lowest BCUT2D eigenvalue weighted by atomic mass is 10.1. The lowest BCUT2D eigenvalue weighted by Crippen LogP contribution is -2.49. The standard InChI is InChI=1S/C15H18BrNO3/c1-19-14-8-11(16)4-5-12(14)15(18)17-6-7-20-9-13(17)10-2-3-10/h4-5,8,10,13H,2-3,6-7,9H2,1H3/t13-/m0/s1. The van der Waals surface area contributed by atoms with Gasteiger partial charge in [0.15, 0.2) is 0 Å². The average Bonchev–Trinajstić information content (AvgIpc) is 3.31. The zero-order chi connectivity index (χ0) is 14.1. The van der Waals surface area contributed by atoms with Crippen LogP contribution in [0.5, 0.6) is 5.75 Å². The van der Waals surface area contributed by atoms with Gasteiger partial charge in [0.25, 0.3) is 5.91 Å². The highest BCUT2D eigenvalue weighted by Crippen LogP contribution is 2.37. The van der Waals surface area contributed by atoms with Crippen LogP contribution in [0.2, 0.25) is 0 Å². The summed E-state index contributed by atoms with van der Waals surface area (Å²) in [5.41, 5.74) is 0.628. The molecule has 5 heteroatoms. The molecule has 1 aliphatic heterocycles. The summed E-state index contributed by atoms with van der Waals surface area (Å²) in [6.07, 6.45) is 2.41. The fraction of sp³-hybridized carbons (Fsp3) is 0.533. The number of ether oxygens (including phenoxy) is 2. The number of nitrogens with zero attached hydrogens (tertiary/aromatic N) is 1. The van der Waals surface area contributed by atoms with Gasteiger partial charge in [-0.25, -0.2) is 0 Å². The number of halogens is 1. The summed E-state index contributed by atoms with van der Waals surface area (Å²) < 4.78 is 11.8. The molecule has 2 aliphatic rings. The summed E-state index contributed by atoms with van der Waals surface area (Å²) in [7, 11) is 1.59. The predicted molar refractivity (Wildman–Crippen MR) is 79.1 cm³/mol. The molecule has 1 heterocycles. The van der Waals surface area contributed by atoms with Gasteiger partial charge in [-0.1, -0.05) is 15.9 Å². The van der Waals surface area contributed by atoms with Crippen LogP contribution in [-0.4, -0.2) is 43.7 Å². The van der Waals surface area contributed by atoms with E-state index in [1.54, 1.807) is 7.11 Å². The fourth-order valence-corrected chi connectivity index (χ4v) is 3.08. The molecule has 20 heavy (non-hydrogen) atoms. The van der Waals surface area contributed by atoms with Crippen molar-refractivity contribution in [3.8, 4) is 5.75 Å². The van der Waals surface area contributed by atoms with Crippen molar-refractivity contribution < 1.29 is 14.3 Å². The summed E-state index contributed by atoms with van der Waals surface area (Å²) in [5.74, 6) is 1.28. The Morgan fingerprint density at radius 1 is 1.45 bits per heavy atom. The molecule has 0 radical (unpaired) electrons. The van der Waals surface area contributed by atoms with E-state index >= 15 is 0 Å². The van der Waals surface area contributed by atoms with Crippen LogP contribution in [0.1, 0.15) is 23.2 Å². The second-order valence-electron chi connectivity index (χ2n) is 5.32. The summed E-state index contributed by atoms with van der Waals surface area (Å²) >= 11 is 3.40. The van der Waals surface area contributed by atoms with Crippen molar-refractivity contribution in [2.45, 2.75) is 18.9 Å². The van der Waals surface area contributed by atoms with Gasteiger partial charge in [-0.3, -0.25) is 4.79 Å². The maximum absolute atomic E-state index is 12.8. The first kappa shape index (κ1) is 13.9.